The number of likely N-dealkylation sites (tertiary alicyclic amines) is 1. The Balaban J connectivity index is 0.00000324. The van der Waals surface area contributed by atoms with Gasteiger partial charge in [0.2, 0.25) is 11.8 Å². The predicted molar refractivity (Wildman–Crippen MR) is 135 cm³/mol. The molecule has 2 amide bonds. The third kappa shape index (κ3) is 5.62. The molecule has 2 fully saturated rings. The molecule has 0 aliphatic carbocycles. The van der Waals surface area contributed by atoms with Crippen LogP contribution in [0.2, 0.25) is 0 Å². The fourth-order valence-corrected chi connectivity index (χ4v) is 5.29. The summed E-state index contributed by atoms with van der Waals surface area (Å²) in [5.41, 5.74) is 0.429. The van der Waals surface area contributed by atoms with Crippen molar-refractivity contribution in [2.24, 2.45) is 5.41 Å². The lowest BCUT2D eigenvalue weighted by Gasteiger charge is -2.52. The molecule has 8 heteroatoms. The highest BCUT2D eigenvalue weighted by Gasteiger charge is 2.53. The number of hydrogen-bond acceptors (Lipinski definition) is 5. The molecule has 0 bridgehead atoms. The molecule has 0 radical (unpaired) electrons. The summed E-state index contributed by atoms with van der Waals surface area (Å²) in [6.07, 6.45) is 3.92. The molecule has 0 unspecified atom stereocenters. The Labute approximate surface area is 209 Å². The first-order valence-corrected chi connectivity index (χ1v) is 12.5. The molecule has 0 saturated carbocycles. The summed E-state index contributed by atoms with van der Waals surface area (Å²) in [5.74, 6) is 1.74. The van der Waals surface area contributed by atoms with E-state index in [2.05, 4.69) is 50.0 Å². The summed E-state index contributed by atoms with van der Waals surface area (Å²) in [5, 5.41) is 3.11. The number of amides is 2. The van der Waals surface area contributed by atoms with E-state index in [-0.39, 0.29) is 29.6 Å². The number of nitrogens with zero attached hydrogens (tertiary/aromatic N) is 2. The van der Waals surface area contributed by atoms with E-state index in [1.807, 2.05) is 11.0 Å². The average Bonchev–Trinajstić information content (AvgIpc) is 2.78. The number of halogens is 1. The van der Waals surface area contributed by atoms with Crippen molar-refractivity contribution < 1.29 is 19.1 Å². The molecule has 0 aromatic heterocycles. The van der Waals surface area contributed by atoms with Gasteiger partial charge in [0.25, 0.3) is 0 Å². The van der Waals surface area contributed by atoms with Crippen molar-refractivity contribution in [2.75, 3.05) is 32.8 Å². The maximum absolute atomic E-state index is 13.5. The second kappa shape index (κ2) is 10.7. The molecule has 190 valence electrons. The van der Waals surface area contributed by atoms with Crippen LogP contribution in [0.1, 0.15) is 65.4 Å². The summed E-state index contributed by atoms with van der Waals surface area (Å²) >= 11 is 0. The van der Waals surface area contributed by atoms with Crippen molar-refractivity contribution in [3.8, 4) is 11.5 Å². The largest absolute Gasteiger partial charge is 0.486 e. The minimum atomic E-state index is -0.718. The van der Waals surface area contributed by atoms with E-state index in [4.69, 9.17) is 9.47 Å². The number of nitrogens with one attached hydrogen (secondary N) is 1. The van der Waals surface area contributed by atoms with E-state index in [1.54, 1.807) is 0 Å². The second-order valence-corrected chi connectivity index (χ2v) is 10.9. The molecule has 4 rings (SSSR count). The predicted octanol–water partition coefficient (Wildman–Crippen LogP) is 3.78. The highest BCUT2D eigenvalue weighted by Crippen LogP contribution is 2.36. The Bertz CT molecular complexity index is 877. The quantitative estimate of drug-likeness (QED) is 0.653. The van der Waals surface area contributed by atoms with Gasteiger partial charge in [-0.3, -0.25) is 14.5 Å². The molecule has 3 heterocycles. The zero-order valence-corrected chi connectivity index (χ0v) is 21.8. The number of hydrogen-bond donors (Lipinski definition) is 1. The van der Waals surface area contributed by atoms with Crippen LogP contribution in [0.5, 0.6) is 11.5 Å². The Morgan fingerprint density at radius 2 is 1.76 bits per heavy atom. The maximum atomic E-state index is 13.5. The third-order valence-electron chi connectivity index (χ3n) is 7.06. The van der Waals surface area contributed by atoms with Crippen LogP contribution in [0, 0.1) is 5.41 Å². The van der Waals surface area contributed by atoms with Crippen molar-refractivity contribution >= 4 is 24.2 Å². The smallest absolute Gasteiger partial charge is 0.246 e. The summed E-state index contributed by atoms with van der Waals surface area (Å²) in [7, 11) is 0. The van der Waals surface area contributed by atoms with Gasteiger partial charge in [-0.1, -0.05) is 40.2 Å². The van der Waals surface area contributed by atoms with Crippen molar-refractivity contribution in [3.05, 3.63) is 23.8 Å². The number of ether oxygens (including phenoxy) is 2. The zero-order chi connectivity index (χ0) is 23.6. The second-order valence-electron chi connectivity index (χ2n) is 10.9. The number of piperidine rings is 1. The van der Waals surface area contributed by atoms with Crippen LogP contribution in [0.15, 0.2) is 18.2 Å². The van der Waals surface area contributed by atoms with E-state index in [0.29, 0.717) is 39.0 Å². The van der Waals surface area contributed by atoms with Crippen LogP contribution in [-0.2, 0) is 16.1 Å². The maximum Gasteiger partial charge on any atom is 0.246 e. The first-order chi connectivity index (χ1) is 15.7. The standard InChI is InChI=1S/C26H39N3O4.ClH/c1-5-6-11-29-23(30)20(17-25(2,3)4)27-24(31)26(29)9-12-28(13-10-26)18-19-7-8-21-22(16-19)33-15-14-32-21;/h7-8,16,20H,5-6,9-15,17-18H2,1-4H3,(H,27,31);1H/t20-;/m1./s1. The van der Waals surface area contributed by atoms with Crippen LogP contribution in [0.25, 0.3) is 0 Å². The van der Waals surface area contributed by atoms with Crippen LogP contribution in [0.4, 0.5) is 0 Å². The molecule has 1 aromatic rings. The van der Waals surface area contributed by atoms with Gasteiger partial charge in [-0.2, -0.15) is 0 Å². The summed E-state index contributed by atoms with van der Waals surface area (Å²) in [6, 6.07) is 5.69. The molecule has 3 aliphatic heterocycles. The Kier molecular flexibility index (Phi) is 8.40. The van der Waals surface area contributed by atoms with E-state index in [1.165, 1.54) is 5.56 Å². The Hall–Kier alpha value is -1.99. The van der Waals surface area contributed by atoms with Gasteiger partial charge in [0.1, 0.15) is 24.8 Å². The Morgan fingerprint density at radius 3 is 2.41 bits per heavy atom. The van der Waals surface area contributed by atoms with Crippen LogP contribution < -0.4 is 14.8 Å². The van der Waals surface area contributed by atoms with Crippen LogP contribution in [-0.4, -0.2) is 66.0 Å². The van der Waals surface area contributed by atoms with E-state index in [0.717, 1.165) is 44.0 Å². The number of fused-ring (bicyclic) bond motifs is 1. The van der Waals surface area contributed by atoms with Crippen molar-refractivity contribution in [3.63, 3.8) is 0 Å². The zero-order valence-electron chi connectivity index (χ0n) is 21.0. The summed E-state index contributed by atoms with van der Waals surface area (Å²) < 4.78 is 11.4. The molecule has 1 atom stereocenters. The third-order valence-corrected chi connectivity index (χ3v) is 7.06. The lowest BCUT2D eigenvalue weighted by Crippen LogP contribution is -2.73. The Morgan fingerprint density at radius 1 is 1.09 bits per heavy atom. The number of rotatable bonds is 6. The summed E-state index contributed by atoms with van der Waals surface area (Å²) in [4.78, 5) is 31.3. The van der Waals surface area contributed by atoms with Crippen molar-refractivity contribution in [1.82, 2.24) is 15.1 Å². The van der Waals surface area contributed by atoms with Gasteiger partial charge in [0.05, 0.1) is 0 Å². The molecule has 1 aromatic carbocycles. The number of piperazine rings is 1. The number of carbonyl (C=O) groups is 2. The van der Waals surface area contributed by atoms with Gasteiger partial charge in [-0.15, -0.1) is 12.4 Å². The molecule has 3 aliphatic rings. The molecule has 1 spiro atoms. The van der Waals surface area contributed by atoms with Crippen LogP contribution >= 0.6 is 12.4 Å². The van der Waals surface area contributed by atoms with Gasteiger partial charge < -0.3 is 19.7 Å². The van der Waals surface area contributed by atoms with Crippen molar-refractivity contribution in [1.29, 1.82) is 0 Å². The normalized spacial score (nSPS) is 22.4. The van der Waals surface area contributed by atoms with Gasteiger partial charge in [-0.25, -0.2) is 0 Å². The van der Waals surface area contributed by atoms with Gasteiger partial charge in [0, 0.05) is 26.2 Å². The molecular weight excluding hydrogens is 454 g/mol. The highest BCUT2D eigenvalue weighted by atomic mass is 35.5. The lowest BCUT2D eigenvalue weighted by molar-refractivity contribution is -0.162. The number of benzene rings is 1. The van der Waals surface area contributed by atoms with Crippen molar-refractivity contribution in [2.45, 2.75) is 77.9 Å². The number of carbonyl (C=O) groups excluding carboxylic acids is 2. The minimum Gasteiger partial charge on any atom is -0.486 e. The molecular formula is C26H40ClN3O4. The van der Waals surface area contributed by atoms with Gasteiger partial charge in [0.15, 0.2) is 11.5 Å². The topological polar surface area (TPSA) is 71.1 Å². The molecule has 2 saturated heterocycles. The van der Waals surface area contributed by atoms with Gasteiger partial charge >= 0.3 is 0 Å². The molecule has 34 heavy (non-hydrogen) atoms. The highest BCUT2D eigenvalue weighted by molar-refractivity contribution is 6.00. The van der Waals surface area contributed by atoms with E-state index >= 15 is 0 Å². The fraction of sp³-hybridized carbons (Fsp3) is 0.692. The minimum absolute atomic E-state index is 0. The number of unbranched alkanes of at least 4 members (excludes halogenated alkanes) is 1. The average molecular weight is 494 g/mol. The lowest BCUT2D eigenvalue weighted by atomic mass is 9.79. The SMILES string of the molecule is CCCCN1C(=O)[C@@H](CC(C)(C)C)NC(=O)C12CCN(Cc1ccc3c(c1)OCCO3)CC2.Cl. The van der Waals surface area contributed by atoms with Gasteiger partial charge in [-0.05, 0) is 48.8 Å². The fourth-order valence-electron chi connectivity index (χ4n) is 5.29. The molecule has 1 N–H and O–H groups in total. The van der Waals surface area contributed by atoms with Crippen LogP contribution in [0.3, 0.4) is 0 Å². The van der Waals surface area contributed by atoms with E-state index in [9.17, 15) is 9.59 Å². The van der Waals surface area contributed by atoms with E-state index < -0.39 is 11.6 Å². The first kappa shape index (κ1) is 26.6. The summed E-state index contributed by atoms with van der Waals surface area (Å²) in [6.45, 7) is 12.7. The first-order valence-electron chi connectivity index (χ1n) is 12.5. The molecule has 7 nitrogen and oxygen atoms in total. The monoisotopic (exact) mass is 493 g/mol.